The number of hydrogen-bond acceptors (Lipinski definition) is 3. The van der Waals surface area contributed by atoms with E-state index in [0.29, 0.717) is 0 Å². The summed E-state index contributed by atoms with van der Waals surface area (Å²) in [6.45, 7) is 3.07. The highest BCUT2D eigenvalue weighted by Gasteiger charge is 2.11. The Labute approximate surface area is 98.0 Å². The summed E-state index contributed by atoms with van der Waals surface area (Å²) in [6.07, 6.45) is 2.05. The minimum atomic E-state index is 0.0585. The van der Waals surface area contributed by atoms with E-state index in [4.69, 9.17) is 10.5 Å². The maximum absolute atomic E-state index is 6.17. The summed E-state index contributed by atoms with van der Waals surface area (Å²) in [6, 6.07) is 6.21. The van der Waals surface area contributed by atoms with Gasteiger partial charge in [0.25, 0.3) is 0 Å². The molecule has 0 amide bonds. The molecule has 1 rings (SSSR count). The number of nitrogens with one attached hydrogen (secondary N) is 1. The van der Waals surface area contributed by atoms with E-state index in [-0.39, 0.29) is 6.04 Å². The number of hydrogen-bond donors (Lipinski definition) is 2. The Hall–Kier alpha value is -1.06. The van der Waals surface area contributed by atoms with Crippen LogP contribution in [-0.2, 0) is 0 Å². The standard InChI is InChI=1S/C13H22N2O/c1-10-6-7-13(16-3)11(9-10)12(14)5-4-8-15-2/h6-7,9,12,15H,4-5,8,14H2,1-3H3. The van der Waals surface area contributed by atoms with Crippen molar-refractivity contribution < 1.29 is 4.74 Å². The predicted octanol–water partition coefficient (Wildman–Crippen LogP) is 2.00. The largest absolute Gasteiger partial charge is 0.496 e. The van der Waals surface area contributed by atoms with Crippen molar-refractivity contribution in [1.82, 2.24) is 5.32 Å². The summed E-state index contributed by atoms with van der Waals surface area (Å²) < 4.78 is 5.33. The third-order valence-corrected chi connectivity index (χ3v) is 2.73. The van der Waals surface area contributed by atoms with Crippen molar-refractivity contribution in [3.63, 3.8) is 0 Å². The monoisotopic (exact) mass is 222 g/mol. The minimum Gasteiger partial charge on any atom is -0.496 e. The minimum absolute atomic E-state index is 0.0585. The van der Waals surface area contributed by atoms with E-state index in [1.165, 1.54) is 5.56 Å². The van der Waals surface area contributed by atoms with E-state index in [0.717, 1.165) is 30.7 Å². The van der Waals surface area contributed by atoms with Crippen LogP contribution >= 0.6 is 0 Å². The Morgan fingerprint density at radius 1 is 1.44 bits per heavy atom. The second-order valence-electron chi connectivity index (χ2n) is 4.10. The van der Waals surface area contributed by atoms with Gasteiger partial charge in [-0.05, 0) is 39.4 Å². The lowest BCUT2D eigenvalue weighted by Crippen LogP contribution is -2.15. The fraction of sp³-hybridized carbons (Fsp3) is 0.538. The lowest BCUT2D eigenvalue weighted by atomic mass is 10.00. The molecule has 3 N–H and O–H groups in total. The molecule has 0 aliphatic carbocycles. The predicted molar refractivity (Wildman–Crippen MR) is 67.8 cm³/mol. The van der Waals surface area contributed by atoms with E-state index in [1.807, 2.05) is 19.2 Å². The zero-order valence-electron chi connectivity index (χ0n) is 10.4. The summed E-state index contributed by atoms with van der Waals surface area (Å²) in [5, 5.41) is 3.13. The third kappa shape index (κ3) is 3.51. The molecule has 0 aromatic heterocycles. The van der Waals surface area contributed by atoms with Crippen molar-refractivity contribution in [2.24, 2.45) is 5.73 Å². The SMILES string of the molecule is CNCCCC(N)c1cc(C)ccc1OC. The second kappa shape index (κ2) is 6.51. The van der Waals surface area contributed by atoms with Crippen LogP contribution in [0.4, 0.5) is 0 Å². The molecule has 90 valence electrons. The Kier molecular flexibility index (Phi) is 5.29. The van der Waals surface area contributed by atoms with E-state index < -0.39 is 0 Å². The molecule has 0 aliphatic rings. The lowest BCUT2D eigenvalue weighted by molar-refractivity contribution is 0.403. The summed E-state index contributed by atoms with van der Waals surface area (Å²) in [5.74, 6) is 0.891. The van der Waals surface area contributed by atoms with Crippen LogP contribution in [0.5, 0.6) is 5.75 Å². The molecule has 0 radical (unpaired) electrons. The average molecular weight is 222 g/mol. The van der Waals surface area contributed by atoms with Gasteiger partial charge in [0.2, 0.25) is 0 Å². The molecule has 3 heteroatoms. The average Bonchev–Trinajstić information content (AvgIpc) is 2.29. The molecular formula is C13H22N2O. The quantitative estimate of drug-likeness (QED) is 0.724. The lowest BCUT2D eigenvalue weighted by Gasteiger charge is -2.16. The fourth-order valence-corrected chi connectivity index (χ4v) is 1.80. The molecule has 1 aromatic rings. The zero-order valence-corrected chi connectivity index (χ0v) is 10.4. The van der Waals surface area contributed by atoms with Gasteiger partial charge in [0.05, 0.1) is 7.11 Å². The molecule has 1 atom stereocenters. The number of benzene rings is 1. The van der Waals surface area contributed by atoms with Gasteiger partial charge in [0.15, 0.2) is 0 Å². The highest BCUT2D eigenvalue weighted by atomic mass is 16.5. The van der Waals surface area contributed by atoms with Crippen molar-refractivity contribution in [3.05, 3.63) is 29.3 Å². The first-order valence-corrected chi connectivity index (χ1v) is 5.73. The van der Waals surface area contributed by atoms with Gasteiger partial charge in [-0.25, -0.2) is 0 Å². The first-order valence-electron chi connectivity index (χ1n) is 5.73. The topological polar surface area (TPSA) is 47.3 Å². The molecular weight excluding hydrogens is 200 g/mol. The van der Waals surface area contributed by atoms with E-state index in [9.17, 15) is 0 Å². The fourth-order valence-electron chi connectivity index (χ4n) is 1.80. The van der Waals surface area contributed by atoms with E-state index >= 15 is 0 Å². The number of ether oxygens (including phenoxy) is 1. The van der Waals surface area contributed by atoms with Crippen molar-refractivity contribution in [3.8, 4) is 5.75 Å². The van der Waals surface area contributed by atoms with Crippen molar-refractivity contribution >= 4 is 0 Å². The van der Waals surface area contributed by atoms with Crippen molar-refractivity contribution in [1.29, 1.82) is 0 Å². The van der Waals surface area contributed by atoms with Gasteiger partial charge in [-0.3, -0.25) is 0 Å². The molecule has 0 fully saturated rings. The highest BCUT2D eigenvalue weighted by molar-refractivity contribution is 5.38. The normalized spacial score (nSPS) is 12.5. The van der Waals surface area contributed by atoms with E-state index in [2.05, 4.69) is 18.3 Å². The van der Waals surface area contributed by atoms with Crippen LogP contribution in [0.3, 0.4) is 0 Å². The van der Waals surface area contributed by atoms with Gasteiger partial charge in [-0.2, -0.15) is 0 Å². The van der Waals surface area contributed by atoms with Crippen molar-refractivity contribution in [2.45, 2.75) is 25.8 Å². The Morgan fingerprint density at radius 2 is 2.19 bits per heavy atom. The van der Waals surface area contributed by atoms with Gasteiger partial charge in [-0.1, -0.05) is 17.7 Å². The Bertz CT molecular complexity index is 326. The van der Waals surface area contributed by atoms with Crippen LogP contribution in [0.25, 0.3) is 0 Å². The Morgan fingerprint density at radius 3 is 2.81 bits per heavy atom. The van der Waals surface area contributed by atoms with Crippen LogP contribution in [0.2, 0.25) is 0 Å². The van der Waals surface area contributed by atoms with Gasteiger partial charge in [-0.15, -0.1) is 0 Å². The molecule has 16 heavy (non-hydrogen) atoms. The third-order valence-electron chi connectivity index (χ3n) is 2.73. The smallest absolute Gasteiger partial charge is 0.123 e. The molecule has 1 aromatic carbocycles. The van der Waals surface area contributed by atoms with Crippen LogP contribution in [-0.4, -0.2) is 20.7 Å². The zero-order chi connectivity index (χ0) is 12.0. The molecule has 0 aliphatic heterocycles. The first-order chi connectivity index (χ1) is 7.69. The molecule has 0 heterocycles. The van der Waals surface area contributed by atoms with Crippen LogP contribution < -0.4 is 15.8 Å². The van der Waals surface area contributed by atoms with Crippen LogP contribution in [0, 0.1) is 6.92 Å². The van der Waals surface area contributed by atoms with Gasteiger partial charge >= 0.3 is 0 Å². The van der Waals surface area contributed by atoms with Gasteiger partial charge < -0.3 is 15.8 Å². The molecule has 0 spiro atoms. The van der Waals surface area contributed by atoms with Gasteiger partial charge in [0, 0.05) is 11.6 Å². The number of rotatable bonds is 6. The number of aryl methyl sites for hydroxylation is 1. The summed E-state index contributed by atoms with van der Waals surface area (Å²) >= 11 is 0. The maximum Gasteiger partial charge on any atom is 0.123 e. The van der Waals surface area contributed by atoms with E-state index in [1.54, 1.807) is 7.11 Å². The Balaban J connectivity index is 2.72. The molecule has 0 bridgehead atoms. The number of methoxy groups -OCH3 is 1. The maximum atomic E-state index is 6.17. The summed E-state index contributed by atoms with van der Waals surface area (Å²) in [5.41, 5.74) is 8.51. The van der Waals surface area contributed by atoms with Crippen LogP contribution in [0.1, 0.15) is 30.0 Å². The second-order valence-corrected chi connectivity index (χ2v) is 4.10. The summed E-state index contributed by atoms with van der Waals surface area (Å²) in [4.78, 5) is 0. The molecule has 0 saturated carbocycles. The molecule has 0 saturated heterocycles. The highest BCUT2D eigenvalue weighted by Crippen LogP contribution is 2.27. The van der Waals surface area contributed by atoms with Crippen LogP contribution in [0.15, 0.2) is 18.2 Å². The number of nitrogens with two attached hydrogens (primary N) is 1. The van der Waals surface area contributed by atoms with Crippen molar-refractivity contribution in [2.75, 3.05) is 20.7 Å². The molecule has 3 nitrogen and oxygen atoms in total. The molecule has 1 unspecified atom stereocenters. The summed E-state index contributed by atoms with van der Waals surface area (Å²) in [7, 11) is 3.65. The first kappa shape index (κ1) is 13.0. The van der Waals surface area contributed by atoms with Gasteiger partial charge in [0.1, 0.15) is 5.75 Å².